The Morgan fingerprint density at radius 3 is 2.50 bits per heavy atom. The lowest BCUT2D eigenvalue weighted by molar-refractivity contribution is -0.153. The maximum atomic E-state index is 10.9. The Morgan fingerprint density at radius 1 is 1.57 bits per heavy atom. The zero-order chi connectivity index (χ0) is 10.9. The van der Waals surface area contributed by atoms with Gasteiger partial charge in [0.25, 0.3) is 0 Å². The van der Waals surface area contributed by atoms with E-state index in [-0.39, 0.29) is 0 Å². The van der Waals surface area contributed by atoms with Gasteiger partial charge in [0.15, 0.2) is 0 Å². The maximum Gasteiger partial charge on any atom is 0.312 e. The monoisotopic (exact) mass is 214 g/mol. The van der Waals surface area contributed by atoms with Crippen LogP contribution < -0.4 is 0 Å². The summed E-state index contributed by atoms with van der Waals surface area (Å²) in [7, 11) is 0. The summed E-state index contributed by atoms with van der Waals surface area (Å²) in [5, 5.41) is 20.7. The molecule has 0 amide bonds. The first-order valence-electron chi connectivity index (χ1n) is 4.33. The van der Waals surface area contributed by atoms with E-state index < -0.39 is 17.5 Å². The molecule has 0 spiro atoms. The van der Waals surface area contributed by atoms with E-state index in [4.69, 9.17) is 5.11 Å². The fourth-order valence-corrected chi connectivity index (χ4v) is 2.21. The number of carbonyl (C=O) groups is 1. The Morgan fingerprint density at radius 2 is 2.14 bits per heavy atom. The number of carboxylic acid groups (broad SMARTS) is 1. The predicted molar refractivity (Wildman–Crippen MR) is 55.4 cm³/mol. The lowest BCUT2D eigenvalue weighted by atomic mass is 9.85. The number of hydrogen-bond acceptors (Lipinski definition) is 3. The highest BCUT2D eigenvalue weighted by atomic mass is 32.1. The molecule has 1 aromatic heterocycles. The largest absolute Gasteiger partial charge is 0.481 e. The van der Waals surface area contributed by atoms with Crippen LogP contribution in [-0.2, 0) is 4.79 Å². The zero-order valence-corrected chi connectivity index (χ0v) is 9.26. The summed E-state index contributed by atoms with van der Waals surface area (Å²) in [6.07, 6.45) is -0.944. The highest BCUT2D eigenvalue weighted by Crippen LogP contribution is 2.37. The van der Waals surface area contributed by atoms with Crippen molar-refractivity contribution in [3.05, 3.63) is 21.9 Å². The van der Waals surface area contributed by atoms with Gasteiger partial charge >= 0.3 is 5.97 Å². The number of carboxylic acids is 1. The molecule has 1 heterocycles. The molecule has 0 saturated carbocycles. The van der Waals surface area contributed by atoms with Gasteiger partial charge in [-0.15, -0.1) is 11.3 Å². The molecule has 1 aromatic rings. The normalized spacial score (nSPS) is 14.0. The van der Waals surface area contributed by atoms with Crippen LogP contribution in [0, 0.1) is 12.3 Å². The molecular formula is C10H14O3S. The third-order valence-electron chi connectivity index (χ3n) is 2.38. The third kappa shape index (κ3) is 1.81. The number of thiophene rings is 1. The Balaban J connectivity index is 3.02. The van der Waals surface area contributed by atoms with E-state index in [1.807, 2.05) is 18.4 Å². The van der Waals surface area contributed by atoms with Gasteiger partial charge in [-0.05, 0) is 37.8 Å². The van der Waals surface area contributed by atoms with E-state index in [9.17, 15) is 9.90 Å². The van der Waals surface area contributed by atoms with Crippen molar-refractivity contribution in [2.45, 2.75) is 26.9 Å². The molecule has 4 heteroatoms. The minimum Gasteiger partial charge on any atom is -0.481 e. The van der Waals surface area contributed by atoms with Crippen molar-refractivity contribution in [1.29, 1.82) is 0 Å². The number of hydrogen-bond donors (Lipinski definition) is 2. The first-order chi connectivity index (χ1) is 6.37. The van der Waals surface area contributed by atoms with Gasteiger partial charge in [-0.1, -0.05) is 0 Å². The second-order valence-electron chi connectivity index (χ2n) is 3.90. The molecule has 0 aliphatic carbocycles. The molecule has 0 aromatic carbocycles. The predicted octanol–water partition coefficient (Wildman–Crippen LogP) is 2.20. The van der Waals surface area contributed by atoms with Crippen LogP contribution in [0.1, 0.15) is 30.4 Å². The molecule has 1 unspecified atom stereocenters. The number of aliphatic carboxylic acids is 1. The summed E-state index contributed by atoms with van der Waals surface area (Å²) in [5.74, 6) is -0.988. The minimum atomic E-state index is -1.14. The minimum absolute atomic E-state index is 0.734. The summed E-state index contributed by atoms with van der Waals surface area (Å²) in [6.45, 7) is 4.92. The summed E-state index contributed by atoms with van der Waals surface area (Å²) in [6, 6.07) is 1.88. The topological polar surface area (TPSA) is 57.5 Å². The molecule has 14 heavy (non-hydrogen) atoms. The number of aliphatic hydroxyl groups excluding tert-OH is 1. The van der Waals surface area contributed by atoms with Gasteiger partial charge in [-0.25, -0.2) is 0 Å². The molecule has 0 saturated heterocycles. The molecule has 0 bridgehead atoms. The fourth-order valence-electron chi connectivity index (χ4n) is 1.11. The number of rotatable bonds is 3. The van der Waals surface area contributed by atoms with Gasteiger partial charge in [0.2, 0.25) is 0 Å². The third-order valence-corrected chi connectivity index (χ3v) is 3.46. The van der Waals surface area contributed by atoms with E-state index in [0.29, 0.717) is 0 Å². The van der Waals surface area contributed by atoms with Crippen LogP contribution in [-0.4, -0.2) is 16.2 Å². The van der Waals surface area contributed by atoms with Crippen molar-refractivity contribution in [1.82, 2.24) is 0 Å². The van der Waals surface area contributed by atoms with Gasteiger partial charge in [0.05, 0.1) is 5.41 Å². The van der Waals surface area contributed by atoms with E-state index in [0.717, 1.165) is 10.4 Å². The van der Waals surface area contributed by atoms with Crippen LogP contribution in [0.5, 0.6) is 0 Å². The lowest BCUT2D eigenvalue weighted by Crippen LogP contribution is -2.31. The maximum absolute atomic E-state index is 10.9. The number of aryl methyl sites for hydroxylation is 1. The Labute approximate surface area is 87.0 Å². The van der Waals surface area contributed by atoms with Crippen molar-refractivity contribution in [2.24, 2.45) is 5.41 Å². The van der Waals surface area contributed by atoms with Gasteiger partial charge in [0.1, 0.15) is 6.10 Å². The molecule has 3 nitrogen and oxygen atoms in total. The SMILES string of the molecule is Cc1ccsc1C(O)C(C)(C)C(=O)O. The van der Waals surface area contributed by atoms with Crippen LogP contribution in [0.15, 0.2) is 11.4 Å². The molecule has 0 fully saturated rings. The molecule has 0 radical (unpaired) electrons. The number of aliphatic hydroxyl groups is 1. The molecule has 2 N–H and O–H groups in total. The first kappa shape index (κ1) is 11.2. The average Bonchev–Trinajstić information content (AvgIpc) is 2.49. The fraction of sp³-hybridized carbons (Fsp3) is 0.500. The van der Waals surface area contributed by atoms with Crippen molar-refractivity contribution in [2.75, 3.05) is 0 Å². The second kappa shape index (κ2) is 3.71. The Bertz CT molecular complexity index is 341. The van der Waals surface area contributed by atoms with Crippen LogP contribution >= 0.6 is 11.3 Å². The Kier molecular flexibility index (Phi) is 2.97. The van der Waals surface area contributed by atoms with Gasteiger partial charge < -0.3 is 10.2 Å². The van der Waals surface area contributed by atoms with Crippen molar-refractivity contribution >= 4 is 17.3 Å². The average molecular weight is 214 g/mol. The van der Waals surface area contributed by atoms with E-state index in [1.165, 1.54) is 25.2 Å². The molecule has 1 atom stereocenters. The molecule has 1 rings (SSSR count). The van der Waals surface area contributed by atoms with Gasteiger partial charge in [-0.2, -0.15) is 0 Å². The van der Waals surface area contributed by atoms with Gasteiger partial charge in [-0.3, -0.25) is 4.79 Å². The highest BCUT2D eigenvalue weighted by molar-refractivity contribution is 7.10. The Hall–Kier alpha value is -0.870. The second-order valence-corrected chi connectivity index (χ2v) is 4.84. The smallest absolute Gasteiger partial charge is 0.312 e. The van der Waals surface area contributed by atoms with Crippen molar-refractivity contribution in [3.63, 3.8) is 0 Å². The van der Waals surface area contributed by atoms with Crippen LogP contribution in [0.25, 0.3) is 0 Å². The van der Waals surface area contributed by atoms with Crippen LogP contribution in [0.3, 0.4) is 0 Å². The van der Waals surface area contributed by atoms with Crippen LogP contribution in [0.2, 0.25) is 0 Å². The zero-order valence-electron chi connectivity index (χ0n) is 8.44. The quantitative estimate of drug-likeness (QED) is 0.811. The standard InChI is InChI=1S/C10H14O3S/c1-6-4-5-14-7(6)8(11)10(2,3)9(12)13/h4-5,8,11H,1-3H3,(H,12,13). The summed E-state index contributed by atoms with van der Waals surface area (Å²) in [4.78, 5) is 11.6. The van der Waals surface area contributed by atoms with E-state index in [1.54, 1.807) is 0 Å². The van der Waals surface area contributed by atoms with Crippen LogP contribution in [0.4, 0.5) is 0 Å². The highest BCUT2D eigenvalue weighted by Gasteiger charge is 2.37. The molecular weight excluding hydrogens is 200 g/mol. The molecule has 78 valence electrons. The van der Waals surface area contributed by atoms with Crippen molar-refractivity contribution in [3.8, 4) is 0 Å². The van der Waals surface area contributed by atoms with E-state index in [2.05, 4.69) is 0 Å². The molecule has 0 aliphatic heterocycles. The first-order valence-corrected chi connectivity index (χ1v) is 5.20. The molecule has 0 aliphatic rings. The van der Waals surface area contributed by atoms with E-state index >= 15 is 0 Å². The summed E-state index contributed by atoms with van der Waals surface area (Å²) < 4.78 is 0. The van der Waals surface area contributed by atoms with Crippen molar-refractivity contribution < 1.29 is 15.0 Å². The van der Waals surface area contributed by atoms with Gasteiger partial charge in [0, 0.05) is 4.88 Å². The summed E-state index contributed by atoms with van der Waals surface area (Å²) in [5.41, 5.74) is -0.202. The summed E-state index contributed by atoms with van der Waals surface area (Å²) >= 11 is 1.39. The lowest BCUT2D eigenvalue weighted by Gasteiger charge is -2.25.